The number of aliphatic imine (C=N–C) groups is 1. The van der Waals surface area contributed by atoms with Gasteiger partial charge in [0.05, 0.1) is 0 Å². The third kappa shape index (κ3) is 6.48. The van der Waals surface area contributed by atoms with Crippen molar-refractivity contribution in [3.63, 3.8) is 0 Å². The van der Waals surface area contributed by atoms with Gasteiger partial charge in [0.2, 0.25) is 0 Å². The second-order valence-corrected chi connectivity index (χ2v) is 6.96. The molecule has 4 nitrogen and oxygen atoms in total. The zero-order chi connectivity index (χ0) is 16.5. The fourth-order valence-electron chi connectivity index (χ4n) is 3.51. The van der Waals surface area contributed by atoms with Crippen LogP contribution in [0.4, 0.5) is 0 Å². The Kier molecular flexibility index (Phi) is 7.83. The molecule has 4 heteroatoms. The molecule has 130 valence electrons. The summed E-state index contributed by atoms with van der Waals surface area (Å²) in [5.41, 5.74) is 2.33. The SMILES string of the molecule is C=N/C(C)=C\C=C(/C)N1CCC(CN2CCCNCCC2)CC1. The Morgan fingerprint density at radius 1 is 1.09 bits per heavy atom. The summed E-state index contributed by atoms with van der Waals surface area (Å²) in [5, 5.41) is 3.50. The summed E-state index contributed by atoms with van der Waals surface area (Å²) >= 11 is 0. The lowest BCUT2D eigenvalue weighted by Crippen LogP contribution is -2.40. The number of rotatable bonds is 5. The smallest absolute Gasteiger partial charge is 0.0366 e. The summed E-state index contributed by atoms with van der Waals surface area (Å²) in [6.07, 6.45) is 9.47. The van der Waals surface area contributed by atoms with E-state index in [-0.39, 0.29) is 0 Å². The van der Waals surface area contributed by atoms with Crippen LogP contribution in [0.5, 0.6) is 0 Å². The average Bonchev–Trinajstić information content (AvgIpc) is 2.55. The lowest BCUT2D eigenvalue weighted by atomic mass is 9.95. The fraction of sp³-hybridized carbons (Fsp3) is 0.737. The molecule has 0 atom stereocenters. The van der Waals surface area contributed by atoms with Gasteiger partial charge in [0, 0.05) is 31.0 Å². The van der Waals surface area contributed by atoms with E-state index >= 15 is 0 Å². The maximum atomic E-state index is 3.93. The first-order chi connectivity index (χ1) is 11.2. The lowest BCUT2D eigenvalue weighted by Gasteiger charge is -2.37. The molecule has 23 heavy (non-hydrogen) atoms. The number of hydrogen-bond donors (Lipinski definition) is 1. The molecule has 0 saturated carbocycles. The number of nitrogens with zero attached hydrogens (tertiary/aromatic N) is 3. The first kappa shape index (κ1) is 18.2. The third-order valence-corrected chi connectivity index (χ3v) is 5.10. The number of piperidine rings is 1. The highest BCUT2D eigenvalue weighted by atomic mass is 15.2. The van der Waals surface area contributed by atoms with Gasteiger partial charge >= 0.3 is 0 Å². The third-order valence-electron chi connectivity index (χ3n) is 5.10. The van der Waals surface area contributed by atoms with E-state index in [0.29, 0.717) is 0 Å². The van der Waals surface area contributed by atoms with Crippen molar-refractivity contribution in [2.24, 2.45) is 10.9 Å². The highest BCUT2D eigenvalue weighted by molar-refractivity contribution is 5.29. The minimum absolute atomic E-state index is 0.874. The van der Waals surface area contributed by atoms with Crippen molar-refractivity contribution in [1.82, 2.24) is 15.1 Å². The van der Waals surface area contributed by atoms with Gasteiger partial charge in [0.15, 0.2) is 0 Å². The van der Waals surface area contributed by atoms with E-state index in [9.17, 15) is 0 Å². The van der Waals surface area contributed by atoms with E-state index in [1.165, 1.54) is 77.2 Å². The average molecular weight is 319 g/mol. The molecule has 0 spiro atoms. The first-order valence-electron chi connectivity index (χ1n) is 9.19. The second kappa shape index (κ2) is 9.89. The molecule has 2 saturated heterocycles. The predicted molar refractivity (Wildman–Crippen MR) is 99.9 cm³/mol. The molecular weight excluding hydrogens is 284 g/mol. The van der Waals surface area contributed by atoms with Crippen molar-refractivity contribution < 1.29 is 0 Å². The van der Waals surface area contributed by atoms with Gasteiger partial charge in [-0.25, -0.2) is 0 Å². The molecule has 0 amide bonds. The summed E-state index contributed by atoms with van der Waals surface area (Å²) in [7, 11) is 0. The van der Waals surface area contributed by atoms with Crippen LogP contribution in [-0.2, 0) is 0 Å². The molecule has 0 radical (unpaired) electrons. The number of nitrogens with one attached hydrogen (secondary N) is 1. The quantitative estimate of drug-likeness (QED) is 0.624. The van der Waals surface area contributed by atoms with Gasteiger partial charge in [-0.2, -0.15) is 0 Å². The topological polar surface area (TPSA) is 30.9 Å². The highest BCUT2D eigenvalue weighted by Gasteiger charge is 2.21. The number of hydrogen-bond acceptors (Lipinski definition) is 4. The molecule has 2 fully saturated rings. The van der Waals surface area contributed by atoms with Crippen LogP contribution < -0.4 is 5.32 Å². The van der Waals surface area contributed by atoms with E-state index < -0.39 is 0 Å². The molecule has 2 heterocycles. The zero-order valence-electron chi connectivity index (χ0n) is 15.1. The van der Waals surface area contributed by atoms with Crippen LogP contribution in [0.15, 0.2) is 28.5 Å². The first-order valence-corrected chi connectivity index (χ1v) is 9.19. The van der Waals surface area contributed by atoms with Crippen molar-refractivity contribution in [3.05, 3.63) is 23.5 Å². The fourth-order valence-corrected chi connectivity index (χ4v) is 3.51. The van der Waals surface area contributed by atoms with Crippen molar-refractivity contribution in [2.45, 2.75) is 39.5 Å². The molecule has 0 unspecified atom stereocenters. The monoisotopic (exact) mass is 318 g/mol. The normalized spacial score (nSPS) is 23.5. The number of likely N-dealkylation sites (tertiary alicyclic amines) is 1. The molecule has 2 aliphatic rings. The Balaban J connectivity index is 1.75. The van der Waals surface area contributed by atoms with Crippen LogP contribution in [0.2, 0.25) is 0 Å². The Labute approximate surface area is 142 Å². The van der Waals surface area contributed by atoms with Crippen LogP contribution in [0.1, 0.15) is 39.5 Å². The van der Waals surface area contributed by atoms with Crippen molar-refractivity contribution in [3.8, 4) is 0 Å². The molecule has 1 N–H and O–H groups in total. The molecule has 0 bridgehead atoms. The lowest BCUT2D eigenvalue weighted by molar-refractivity contribution is 0.158. The summed E-state index contributed by atoms with van der Waals surface area (Å²) in [4.78, 5) is 9.15. The van der Waals surface area contributed by atoms with Crippen LogP contribution >= 0.6 is 0 Å². The van der Waals surface area contributed by atoms with Crippen LogP contribution in [-0.4, -0.2) is 62.3 Å². The standard InChI is InChI=1S/C19H34N4/c1-17(20-3)6-7-18(2)23-14-8-19(9-15-23)16-22-12-4-10-21-11-5-13-22/h6-7,19,21H,3-5,8-16H2,1-2H3/b17-6-,18-7+. The van der Waals surface area contributed by atoms with Crippen LogP contribution in [0, 0.1) is 5.92 Å². The predicted octanol–water partition coefficient (Wildman–Crippen LogP) is 2.89. The molecule has 0 aromatic carbocycles. The molecule has 2 rings (SSSR count). The molecule has 0 aromatic rings. The molecule has 2 aliphatic heterocycles. The van der Waals surface area contributed by atoms with Crippen molar-refractivity contribution >= 4 is 6.72 Å². The van der Waals surface area contributed by atoms with E-state index in [4.69, 9.17) is 0 Å². The van der Waals surface area contributed by atoms with Gasteiger partial charge in [-0.1, -0.05) is 0 Å². The van der Waals surface area contributed by atoms with Gasteiger partial charge in [-0.3, -0.25) is 4.99 Å². The number of allylic oxidation sites excluding steroid dienone is 4. The van der Waals surface area contributed by atoms with Gasteiger partial charge in [-0.05, 0) is 90.5 Å². The molecule has 0 aromatic heterocycles. The van der Waals surface area contributed by atoms with E-state index in [1.807, 2.05) is 6.92 Å². The summed E-state index contributed by atoms with van der Waals surface area (Å²) in [6, 6.07) is 0. The van der Waals surface area contributed by atoms with Gasteiger partial charge in [-0.15, -0.1) is 0 Å². The Morgan fingerprint density at radius 2 is 1.74 bits per heavy atom. The van der Waals surface area contributed by atoms with Crippen molar-refractivity contribution in [1.29, 1.82) is 0 Å². The van der Waals surface area contributed by atoms with E-state index in [1.54, 1.807) is 0 Å². The summed E-state index contributed by atoms with van der Waals surface area (Å²) in [5.74, 6) is 0.874. The maximum Gasteiger partial charge on any atom is 0.0366 e. The summed E-state index contributed by atoms with van der Waals surface area (Å²) < 4.78 is 0. The van der Waals surface area contributed by atoms with Crippen LogP contribution in [0.3, 0.4) is 0 Å². The summed E-state index contributed by atoms with van der Waals surface area (Å²) in [6.45, 7) is 16.3. The van der Waals surface area contributed by atoms with Crippen molar-refractivity contribution in [2.75, 3.05) is 45.8 Å². The zero-order valence-corrected chi connectivity index (χ0v) is 15.1. The van der Waals surface area contributed by atoms with Crippen LogP contribution in [0.25, 0.3) is 0 Å². The minimum Gasteiger partial charge on any atom is -0.375 e. The minimum atomic E-state index is 0.874. The largest absolute Gasteiger partial charge is 0.375 e. The second-order valence-electron chi connectivity index (χ2n) is 6.96. The Hall–Kier alpha value is -1.13. The highest BCUT2D eigenvalue weighted by Crippen LogP contribution is 2.22. The van der Waals surface area contributed by atoms with Gasteiger partial charge < -0.3 is 15.1 Å². The Morgan fingerprint density at radius 3 is 2.35 bits per heavy atom. The Bertz CT molecular complexity index is 411. The molecular formula is C19H34N4. The van der Waals surface area contributed by atoms with Gasteiger partial charge in [0.1, 0.15) is 0 Å². The maximum absolute atomic E-state index is 3.93. The molecule has 0 aliphatic carbocycles. The van der Waals surface area contributed by atoms with Gasteiger partial charge in [0.25, 0.3) is 0 Å². The van der Waals surface area contributed by atoms with E-state index in [0.717, 1.165) is 11.6 Å². The van der Waals surface area contributed by atoms with E-state index in [2.05, 4.69) is 45.9 Å².